The fourth-order valence-corrected chi connectivity index (χ4v) is 1.90. The summed E-state index contributed by atoms with van der Waals surface area (Å²) in [6.45, 7) is 1.71. The van der Waals surface area contributed by atoms with E-state index in [-0.39, 0.29) is 5.69 Å². The number of nitrogens with zero attached hydrogens (tertiary/aromatic N) is 3. The van der Waals surface area contributed by atoms with E-state index in [0.717, 1.165) is 0 Å². The molecule has 1 aromatic heterocycles. The first-order chi connectivity index (χ1) is 8.67. The lowest BCUT2D eigenvalue weighted by atomic mass is 10.0. The van der Waals surface area contributed by atoms with Crippen LogP contribution in [0.5, 0.6) is 5.75 Å². The van der Waals surface area contributed by atoms with E-state index in [0.29, 0.717) is 22.6 Å². The van der Waals surface area contributed by atoms with E-state index in [1.54, 1.807) is 42.1 Å². The first-order valence-electron chi connectivity index (χ1n) is 4.97. The Morgan fingerprint density at radius 1 is 1.39 bits per heavy atom. The number of rotatable bonds is 2. The van der Waals surface area contributed by atoms with Crippen molar-refractivity contribution in [3.05, 3.63) is 41.7 Å². The van der Waals surface area contributed by atoms with Gasteiger partial charge in [-0.3, -0.25) is 0 Å². The average Bonchev–Trinajstić information content (AvgIpc) is 2.39. The highest BCUT2D eigenvalue weighted by Gasteiger charge is 2.15. The molecule has 4 nitrogen and oxygen atoms in total. The summed E-state index contributed by atoms with van der Waals surface area (Å²) < 4.78 is 18.9. The normalized spacial score (nSPS) is 9.89. The summed E-state index contributed by atoms with van der Waals surface area (Å²) in [4.78, 5) is 7.83. The van der Waals surface area contributed by atoms with Gasteiger partial charge in [0.1, 0.15) is 24.0 Å². The largest absolute Gasteiger partial charge is 0.428 e. The number of hydrogen-bond acceptors (Lipinski definition) is 4. The second-order valence-corrected chi connectivity index (χ2v) is 3.95. The van der Waals surface area contributed by atoms with E-state index >= 15 is 0 Å². The van der Waals surface area contributed by atoms with E-state index in [1.807, 2.05) is 6.07 Å². The zero-order chi connectivity index (χ0) is 13.1. The standard InChI is InChI=1S/C12H7FIN3O/c1-7-12(11(5-15)17-6-16-7)9-3-2-8(18-14)4-10(9)13/h2-4,6H,1H3. The zero-order valence-corrected chi connectivity index (χ0v) is 11.5. The fourth-order valence-electron chi connectivity index (χ4n) is 1.63. The third-order valence-corrected chi connectivity index (χ3v) is 2.95. The van der Waals surface area contributed by atoms with E-state index in [9.17, 15) is 4.39 Å². The molecule has 2 rings (SSSR count). The van der Waals surface area contributed by atoms with Crippen LogP contribution in [0.25, 0.3) is 11.1 Å². The van der Waals surface area contributed by atoms with Crippen molar-refractivity contribution in [3.63, 3.8) is 0 Å². The maximum Gasteiger partial charge on any atom is 0.192 e. The molecule has 0 aliphatic heterocycles. The van der Waals surface area contributed by atoms with Crippen LogP contribution in [0.15, 0.2) is 24.5 Å². The van der Waals surface area contributed by atoms with Crippen molar-refractivity contribution in [1.29, 1.82) is 5.26 Å². The van der Waals surface area contributed by atoms with Crippen molar-refractivity contribution >= 4 is 23.0 Å². The third kappa shape index (κ3) is 2.26. The summed E-state index contributed by atoms with van der Waals surface area (Å²) in [6.07, 6.45) is 1.29. The van der Waals surface area contributed by atoms with Gasteiger partial charge in [-0.2, -0.15) is 5.26 Å². The second kappa shape index (κ2) is 5.27. The van der Waals surface area contributed by atoms with Crippen molar-refractivity contribution in [3.8, 4) is 22.9 Å². The first-order valence-corrected chi connectivity index (χ1v) is 5.85. The molecule has 0 fully saturated rings. The molecule has 6 heteroatoms. The van der Waals surface area contributed by atoms with Crippen molar-refractivity contribution < 1.29 is 7.46 Å². The minimum absolute atomic E-state index is 0.157. The molecule has 0 bridgehead atoms. The predicted molar refractivity (Wildman–Crippen MR) is 71.5 cm³/mol. The number of benzene rings is 1. The van der Waals surface area contributed by atoms with Gasteiger partial charge in [0.2, 0.25) is 0 Å². The van der Waals surface area contributed by atoms with Gasteiger partial charge in [-0.25, -0.2) is 14.4 Å². The molecule has 0 saturated carbocycles. The van der Waals surface area contributed by atoms with E-state index in [4.69, 9.17) is 8.33 Å². The Bertz CT molecular complexity index is 640. The van der Waals surface area contributed by atoms with Gasteiger partial charge in [0.15, 0.2) is 28.7 Å². The van der Waals surface area contributed by atoms with Crippen LogP contribution >= 0.6 is 23.0 Å². The lowest BCUT2D eigenvalue weighted by molar-refractivity contribution is 0.618. The predicted octanol–water partition coefficient (Wildman–Crippen LogP) is 3.19. The van der Waals surface area contributed by atoms with Crippen molar-refractivity contribution in [2.75, 3.05) is 0 Å². The van der Waals surface area contributed by atoms with Gasteiger partial charge < -0.3 is 3.07 Å². The molecule has 0 atom stereocenters. The molecule has 2 aromatic rings. The van der Waals surface area contributed by atoms with E-state index < -0.39 is 5.82 Å². The van der Waals surface area contributed by atoms with Crippen LogP contribution in [0, 0.1) is 24.1 Å². The highest BCUT2D eigenvalue weighted by atomic mass is 127. The van der Waals surface area contributed by atoms with Gasteiger partial charge >= 0.3 is 0 Å². The molecular weight excluding hydrogens is 348 g/mol. The molecule has 0 saturated heterocycles. The van der Waals surface area contributed by atoms with Crippen molar-refractivity contribution in [2.24, 2.45) is 0 Å². The summed E-state index contributed by atoms with van der Waals surface area (Å²) in [5.74, 6) is -0.0663. The van der Waals surface area contributed by atoms with Crippen LogP contribution in [-0.2, 0) is 0 Å². The molecule has 0 aliphatic rings. The zero-order valence-electron chi connectivity index (χ0n) is 9.32. The van der Waals surface area contributed by atoms with E-state index in [2.05, 4.69) is 9.97 Å². The summed E-state index contributed by atoms with van der Waals surface area (Å²) >= 11 is 1.67. The van der Waals surface area contributed by atoms with Gasteiger partial charge in [0.05, 0.1) is 0 Å². The fraction of sp³-hybridized carbons (Fsp3) is 0.0833. The molecule has 0 aliphatic carbocycles. The highest BCUT2D eigenvalue weighted by Crippen LogP contribution is 2.30. The lowest BCUT2D eigenvalue weighted by Gasteiger charge is -2.08. The monoisotopic (exact) mass is 355 g/mol. The summed E-state index contributed by atoms with van der Waals surface area (Å²) in [7, 11) is 0. The van der Waals surface area contributed by atoms with E-state index in [1.165, 1.54) is 12.4 Å². The summed E-state index contributed by atoms with van der Waals surface area (Å²) in [5, 5.41) is 9.01. The van der Waals surface area contributed by atoms with Gasteiger partial charge in [-0.05, 0) is 19.1 Å². The Labute approximate surface area is 117 Å². The van der Waals surface area contributed by atoms with Gasteiger partial charge in [0.25, 0.3) is 0 Å². The van der Waals surface area contributed by atoms with Crippen molar-refractivity contribution in [2.45, 2.75) is 6.92 Å². The Hall–Kier alpha value is -1.75. The maximum absolute atomic E-state index is 14.0. The molecule has 0 unspecified atom stereocenters. The molecule has 90 valence electrons. The van der Waals surface area contributed by atoms with Crippen LogP contribution in [0.2, 0.25) is 0 Å². The molecule has 18 heavy (non-hydrogen) atoms. The number of aromatic nitrogens is 2. The molecule has 0 spiro atoms. The van der Waals surface area contributed by atoms with Crippen LogP contribution in [0.1, 0.15) is 11.4 Å². The van der Waals surface area contributed by atoms with Gasteiger partial charge in [-0.1, -0.05) is 0 Å². The Morgan fingerprint density at radius 2 is 2.17 bits per heavy atom. The Kier molecular flexibility index (Phi) is 3.72. The molecule has 1 heterocycles. The molecule has 1 aromatic carbocycles. The quantitative estimate of drug-likeness (QED) is 0.777. The second-order valence-electron chi connectivity index (χ2n) is 3.51. The molecular formula is C12H7FIN3O. The molecule has 0 radical (unpaired) electrons. The first kappa shape index (κ1) is 12.7. The van der Waals surface area contributed by atoms with Crippen LogP contribution < -0.4 is 3.07 Å². The van der Waals surface area contributed by atoms with Gasteiger partial charge in [0, 0.05) is 22.9 Å². The number of hydrogen-bond donors (Lipinski definition) is 0. The average molecular weight is 355 g/mol. The number of halogens is 2. The van der Waals surface area contributed by atoms with Gasteiger partial charge in [-0.15, -0.1) is 0 Å². The SMILES string of the molecule is Cc1ncnc(C#N)c1-c1ccc(OI)cc1F. The molecule has 0 N–H and O–H groups in total. The molecule has 0 amide bonds. The van der Waals surface area contributed by atoms with Crippen molar-refractivity contribution in [1.82, 2.24) is 9.97 Å². The topological polar surface area (TPSA) is 58.8 Å². The lowest BCUT2D eigenvalue weighted by Crippen LogP contribution is -1.97. The highest BCUT2D eigenvalue weighted by molar-refractivity contribution is 14.1. The minimum Gasteiger partial charge on any atom is -0.428 e. The summed E-state index contributed by atoms with van der Waals surface area (Å²) in [6, 6.07) is 6.37. The van der Waals surface area contributed by atoms with Crippen LogP contribution in [0.4, 0.5) is 4.39 Å². The minimum atomic E-state index is -0.474. The number of aryl methyl sites for hydroxylation is 1. The Balaban J connectivity index is 2.66. The smallest absolute Gasteiger partial charge is 0.192 e. The Morgan fingerprint density at radius 3 is 2.78 bits per heavy atom. The third-order valence-electron chi connectivity index (χ3n) is 2.44. The maximum atomic E-state index is 14.0. The number of nitriles is 1. The van der Waals surface area contributed by atoms with Crippen LogP contribution in [-0.4, -0.2) is 9.97 Å². The summed E-state index contributed by atoms with van der Waals surface area (Å²) in [5.41, 5.74) is 1.42. The van der Waals surface area contributed by atoms with Crippen LogP contribution in [0.3, 0.4) is 0 Å².